The van der Waals surface area contributed by atoms with Crippen LogP contribution in [0, 0.1) is 0 Å². The number of unbranched alkanes of at least 4 members (excludes halogenated alkanes) is 1. The second kappa shape index (κ2) is 8.09. The number of hydrogen-bond donors (Lipinski definition) is 0. The molecule has 4 nitrogen and oxygen atoms in total. The van der Waals surface area contributed by atoms with Crippen molar-refractivity contribution in [2.24, 2.45) is 0 Å². The van der Waals surface area contributed by atoms with Gasteiger partial charge in [-0.2, -0.15) is 0 Å². The van der Waals surface area contributed by atoms with Gasteiger partial charge in [-0.3, -0.25) is 9.59 Å². The Bertz CT molecular complexity index is 254. The van der Waals surface area contributed by atoms with Gasteiger partial charge in [0.05, 0.1) is 6.54 Å². The Morgan fingerprint density at radius 1 is 1.24 bits per heavy atom. The molecular formula is C13H26N2O2. The van der Waals surface area contributed by atoms with Crippen molar-refractivity contribution in [3.8, 4) is 0 Å². The Labute approximate surface area is 105 Å². The standard InChI is InChI=1S/C13H26N2O2/c1-6-8-9-14(5)13(17)10-15(12(4)16)11(3)7-2/h11H,6-10H2,1-5H3. The molecule has 0 aromatic rings. The maximum atomic E-state index is 11.9. The van der Waals surface area contributed by atoms with Gasteiger partial charge in [-0.25, -0.2) is 0 Å². The van der Waals surface area contributed by atoms with Crippen LogP contribution in [-0.2, 0) is 9.59 Å². The van der Waals surface area contributed by atoms with Crippen LogP contribution in [0.1, 0.15) is 47.0 Å². The number of nitrogens with zero attached hydrogens (tertiary/aromatic N) is 2. The minimum atomic E-state index is -0.0309. The van der Waals surface area contributed by atoms with Gasteiger partial charge in [-0.15, -0.1) is 0 Å². The summed E-state index contributed by atoms with van der Waals surface area (Å²) in [5, 5.41) is 0. The molecule has 0 aliphatic heterocycles. The summed E-state index contributed by atoms with van der Waals surface area (Å²) in [4.78, 5) is 26.7. The summed E-state index contributed by atoms with van der Waals surface area (Å²) in [5.41, 5.74) is 0. The van der Waals surface area contributed by atoms with Crippen LogP contribution in [0.15, 0.2) is 0 Å². The van der Waals surface area contributed by atoms with Crippen molar-refractivity contribution in [2.45, 2.75) is 53.0 Å². The number of hydrogen-bond acceptors (Lipinski definition) is 2. The van der Waals surface area contributed by atoms with E-state index in [-0.39, 0.29) is 24.4 Å². The normalized spacial score (nSPS) is 12.1. The monoisotopic (exact) mass is 242 g/mol. The zero-order chi connectivity index (χ0) is 13.4. The summed E-state index contributed by atoms with van der Waals surface area (Å²) in [6, 6.07) is 0.121. The molecule has 0 rings (SSSR count). The Balaban J connectivity index is 4.35. The van der Waals surface area contributed by atoms with E-state index in [0.29, 0.717) is 0 Å². The molecule has 1 unspecified atom stereocenters. The molecule has 17 heavy (non-hydrogen) atoms. The molecule has 0 aliphatic rings. The van der Waals surface area contributed by atoms with Gasteiger partial charge in [0.15, 0.2) is 0 Å². The van der Waals surface area contributed by atoms with Crippen LogP contribution in [0.5, 0.6) is 0 Å². The van der Waals surface area contributed by atoms with E-state index in [1.807, 2.05) is 13.8 Å². The third-order valence-corrected chi connectivity index (χ3v) is 3.11. The number of likely N-dealkylation sites (N-methyl/N-ethyl adjacent to an activating group) is 1. The lowest BCUT2D eigenvalue weighted by Crippen LogP contribution is -2.44. The molecule has 0 N–H and O–H groups in total. The molecule has 0 aromatic heterocycles. The van der Waals surface area contributed by atoms with E-state index in [4.69, 9.17) is 0 Å². The highest BCUT2D eigenvalue weighted by molar-refractivity contribution is 5.83. The molecule has 100 valence electrons. The molecule has 0 saturated heterocycles. The van der Waals surface area contributed by atoms with E-state index in [0.717, 1.165) is 25.8 Å². The first-order chi connectivity index (χ1) is 7.93. The molecule has 0 aliphatic carbocycles. The first-order valence-electron chi connectivity index (χ1n) is 6.45. The Hall–Kier alpha value is -1.06. The van der Waals surface area contributed by atoms with Crippen molar-refractivity contribution in [3.63, 3.8) is 0 Å². The van der Waals surface area contributed by atoms with Crippen molar-refractivity contribution in [3.05, 3.63) is 0 Å². The van der Waals surface area contributed by atoms with Crippen molar-refractivity contribution in [1.82, 2.24) is 9.80 Å². The smallest absolute Gasteiger partial charge is 0.241 e. The average molecular weight is 242 g/mol. The van der Waals surface area contributed by atoms with Crippen LogP contribution >= 0.6 is 0 Å². The molecule has 0 bridgehead atoms. The van der Waals surface area contributed by atoms with Gasteiger partial charge in [0.1, 0.15) is 0 Å². The van der Waals surface area contributed by atoms with Crippen LogP contribution in [-0.4, -0.2) is 47.8 Å². The predicted octanol–water partition coefficient (Wildman–Crippen LogP) is 1.89. The summed E-state index contributed by atoms with van der Waals surface area (Å²) >= 11 is 0. The van der Waals surface area contributed by atoms with Crippen molar-refractivity contribution in [1.29, 1.82) is 0 Å². The summed E-state index contributed by atoms with van der Waals surface area (Å²) in [6.45, 7) is 8.57. The molecule has 0 spiro atoms. The summed E-state index contributed by atoms with van der Waals surface area (Å²) in [6.07, 6.45) is 2.94. The van der Waals surface area contributed by atoms with E-state index >= 15 is 0 Å². The molecular weight excluding hydrogens is 216 g/mol. The molecule has 0 heterocycles. The second-order valence-corrected chi connectivity index (χ2v) is 4.57. The highest BCUT2D eigenvalue weighted by Crippen LogP contribution is 2.05. The van der Waals surface area contributed by atoms with Gasteiger partial charge < -0.3 is 9.80 Å². The van der Waals surface area contributed by atoms with Crippen LogP contribution in [0.25, 0.3) is 0 Å². The maximum absolute atomic E-state index is 11.9. The van der Waals surface area contributed by atoms with Crippen molar-refractivity contribution < 1.29 is 9.59 Å². The summed E-state index contributed by atoms with van der Waals surface area (Å²) < 4.78 is 0. The minimum absolute atomic E-state index is 0.0222. The third-order valence-electron chi connectivity index (χ3n) is 3.11. The van der Waals surface area contributed by atoms with Gasteiger partial charge in [0.2, 0.25) is 11.8 Å². The number of rotatable bonds is 7. The van der Waals surface area contributed by atoms with Gasteiger partial charge in [-0.1, -0.05) is 20.3 Å². The average Bonchev–Trinajstić information content (AvgIpc) is 2.31. The van der Waals surface area contributed by atoms with Crippen LogP contribution < -0.4 is 0 Å². The number of carbonyl (C=O) groups is 2. The topological polar surface area (TPSA) is 40.6 Å². The SMILES string of the molecule is CCCCN(C)C(=O)CN(C(C)=O)C(C)CC. The Morgan fingerprint density at radius 2 is 1.82 bits per heavy atom. The van der Waals surface area contributed by atoms with Crippen LogP contribution in [0.4, 0.5) is 0 Å². The zero-order valence-corrected chi connectivity index (χ0v) is 11.8. The minimum Gasteiger partial charge on any atom is -0.344 e. The van der Waals surface area contributed by atoms with E-state index in [2.05, 4.69) is 6.92 Å². The third kappa shape index (κ3) is 5.71. The molecule has 4 heteroatoms. The largest absolute Gasteiger partial charge is 0.344 e. The fourth-order valence-electron chi connectivity index (χ4n) is 1.58. The van der Waals surface area contributed by atoms with Crippen LogP contribution in [0.2, 0.25) is 0 Å². The van der Waals surface area contributed by atoms with Crippen LogP contribution in [0.3, 0.4) is 0 Å². The van der Waals surface area contributed by atoms with Crippen molar-refractivity contribution in [2.75, 3.05) is 20.1 Å². The van der Waals surface area contributed by atoms with Crippen molar-refractivity contribution >= 4 is 11.8 Å². The fraction of sp³-hybridized carbons (Fsp3) is 0.846. The first-order valence-corrected chi connectivity index (χ1v) is 6.45. The highest BCUT2D eigenvalue weighted by Gasteiger charge is 2.20. The number of carbonyl (C=O) groups excluding carboxylic acids is 2. The maximum Gasteiger partial charge on any atom is 0.241 e. The Morgan fingerprint density at radius 3 is 2.24 bits per heavy atom. The molecule has 1 atom stereocenters. The lowest BCUT2D eigenvalue weighted by atomic mass is 10.2. The first kappa shape index (κ1) is 15.9. The molecule has 0 fully saturated rings. The van der Waals surface area contributed by atoms with E-state index in [1.165, 1.54) is 6.92 Å². The molecule has 0 radical (unpaired) electrons. The molecule has 2 amide bonds. The zero-order valence-electron chi connectivity index (χ0n) is 11.8. The lowest BCUT2D eigenvalue weighted by Gasteiger charge is -2.28. The van der Waals surface area contributed by atoms with E-state index in [1.54, 1.807) is 16.8 Å². The predicted molar refractivity (Wildman–Crippen MR) is 69.7 cm³/mol. The Kier molecular flexibility index (Phi) is 7.59. The van der Waals surface area contributed by atoms with Gasteiger partial charge in [0, 0.05) is 26.6 Å². The second-order valence-electron chi connectivity index (χ2n) is 4.57. The van der Waals surface area contributed by atoms with Gasteiger partial charge in [-0.05, 0) is 19.8 Å². The van der Waals surface area contributed by atoms with Gasteiger partial charge >= 0.3 is 0 Å². The van der Waals surface area contributed by atoms with E-state index < -0.39 is 0 Å². The number of amides is 2. The quantitative estimate of drug-likeness (QED) is 0.684. The lowest BCUT2D eigenvalue weighted by molar-refractivity contribution is -0.140. The molecule has 0 aromatic carbocycles. The van der Waals surface area contributed by atoms with E-state index in [9.17, 15) is 9.59 Å². The summed E-state index contributed by atoms with van der Waals surface area (Å²) in [5.74, 6) is -0.00876. The highest BCUT2D eigenvalue weighted by atomic mass is 16.2. The molecule has 0 saturated carbocycles. The fourth-order valence-corrected chi connectivity index (χ4v) is 1.58. The summed E-state index contributed by atoms with van der Waals surface area (Å²) in [7, 11) is 1.80. The van der Waals surface area contributed by atoms with Gasteiger partial charge in [0.25, 0.3) is 0 Å².